The van der Waals surface area contributed by atoms with Crippen molar-refractivity contribution in [3.8, 4) is 5.75 Å². The Labute approximate surface area is 108 Å². The molecule has 90 valence electrons. The van der Waals surface area contributed by atoms with Crippen LogP contribution in [0.25, 0.3) is 6.08 Å². The Morgan fingerprint density at radius 1 is 1.17 bits per heavy atom. The number of methoxy groups -OCH3 is 1. The van der Waals surface area contributed by atoms with Crippen LogP contribution >= 0.6 is 0 Å². The van der Waals surface area contributed by atoms with E-state index in [0.717, 1.165) is 12.2 Å². The van der Waals surface area contributed by atoms with Gasteiger partial charge in [0.15, 0.2) is 0 Å². The average Bonchev–Trinajstić information content (AvgIpc) is 2.41. The van der Waals surface area contributed by atoms with E-state index in [-0.39, 0.29) is 0 Å². The van der Waals surface area contributed by atoms with E-state index in [0.29, 0.717) is 5.92 Å². The van der Waals surface area contributed by atoms with Gasteiger partial charge >= 0.3 is 0 Å². The Morgan fingerprint density at radius 3 is 2.61 bits per heavy atom. The second-order valence-corrected chi connectivity index (χ2v) is 4.69. The van der Waals surface area contributed by atoms with Crippen LogP contribution in [0.5, 0.6) is 5.75 Å². The lowest BCUT2D eigenvalue weighted by Gasteiger charge is -2.31. The number of fused-ring (bicyclic) bond motifs is 1. The van der Waals surface area contributed by atoms with Crippen LogP contribution in [0.15, 0.2) is 49.0 Å². The van der Waals surface area contributed by atoms with Crippen molar-refractivity contribution < 1.29 is 4.74 Å². The van der Waals surface area contributed by atoms with Crippen molar-refractivity contribution in [2.45, 2.75) is 12.3 Å². The summed E-state index contributed by atoms with van der Waals surface area (Å²) in [6.07, 6.45) is 3.04. The maximum Gasteiger partial charge on any atom is 0.118 e. The first-order valence-corrected chi connectivity index (χ1v) is 6.21. The maximum absolute atomic E-state index is 5.19. The number of rotatable bonds is 3. The largest absolute Gasteiger partial charge is 0.497 e. The highest BCUT2D eigenvalue weighted by molar-refractivity contribution is 5.56. The predicted molar refractivity (Wildman–Crippen MR) is 75.1 cm³/mol. The summed E-state index contributed by atoms with van der Waals surface area (Å²) in [5.41, 5.74) is 5.47. The van der Waals surface area contributed by atoms with Crippen molar-refractivity contribution in [3.63, 3.8) is 0 Å². The third kappa shape index (κ3) is 1.72. The summed E-state index contributed by atoms with van der Waals surface area (Å²) in [7, 11) is 1.70. The first-order valence-electron chi connectivity index (χ1n) is 6.21. The Bertz CT molecular complexity index is 581. The van der Waals surface area contributed by atoms with Crippen LogP contribution in [0.2, 0.25) is 0 Å². The van der Waals surface area contributed by atoms with Gasteiger partial charge in [-0.05, 0) is 40.8 Å². The minimum Gasteiger partial charge on any atom is -0.497 e. The summed E-state index contributed by atoms with van der Waals surface area (Å²) in [5, 5.41) is 0. The first kappa shape index (κ1) is 11.1. The standard InChI is InChI=1S/C17H16O/c1-3-12-4-5-14-11-17(16(14)10-12)13-6-8-15(18-2)9-7-13/h3-10,17H,1,11H2,2H3. The van der Waals surface area contributed by atoms with Gasteiger partial charge in [0.1, 0.15) is 5.75 Å². The average molecular weight is 236 g/mol. The predicted octanol–water partition coefficient (Wildman–Crippen LogP) is 4.03. The highest BCUT2D eigenvalue weighted by Crippen LogP contribution is 2.41. The second kappa shape index (κ2) is 4.34. The highest BCUT2D eigenvalue weighted by atomic mass is 16.5. The molecule has 18 heavy (non-hydrogen) atoms. The van der Waals surface area contributed by atoms with Gasteiger partial charge in [-0.2, -0.15) is 0 Å². The van der Waals surface area contributed by atoms with Crippen LogP contribution in [0.4, 0.5) is 0 Å². The fraction of sp³-hybridized carbons (Fsp3) is 0.176. The van der Waals surface area contributed by atoms with E-state index in [1.807, 2.05) is 18.2 Å². The lowest BCUT2D eigenvalue weighted by Crippen LogP contribution is -2.18. The molecule has 0 heterocycles. The van der Waals surface area contributed by atoms with E-state index < -0.39 is 0 Å². The van der Waals surface area contributed by atoms with Crippen LogP contribution in [-0.2, 0) is 6.42 Å². The molecular formula is C17H16O. The molecule has 0 saturated heterocycles. The van der Waals surface area contributed by atoms with Crippen LogP contribution in [-0.4, -0.2) is 7.11 Å². The molecule has 1 atom stereocenters. The van der Waals surface area contributed by atoms with Crippen molar-refractivity contribution in [2.75, 3.05) is 7.11 Å². The van der Waals surface area contributed by atoms with Gasteiger partial charge in [0, 0.05) is 5.92 Å². The van der Waals surface area contributed by atoms with Gasteiger partial charge in [0.2, 0.25) is 0 Å². The van der Waals surface area contributed by atoms with Crippen LogP contribution < -0.4 is 4.74 Å². The summed E-state index contributed by atoms with van der Waals surface area (Å²) < 4.78 is 5.19. The molecule has 0 bridgehead atoms. The molecule has 0 amide bonds. The minimum atomic E-state index is 0.533. The van der Waals surface area contributed by atoms with Crippen molar-refractivity contribution in [3.05, 3.63) is 71.3 Å². The van der Waals surface area contributed by atoms with Crippen molar-refractivity contribution in [1.29, 1.82) is 0 Å². The quantitative estimate of drug-likeness (QED) is 0.782. The molecular weight excluding hydrogens is 220 g/mol. The third-order valence-corrected chi connectivity index (χ3v) is 3.72. The SMILES string of the molecule is C=Cc1ccc2c(c1)C(c1ccc(OC)cc1)C2. The fourth-order valence-corrected chi connectivity index (χ4v) is 2.58. The Kier molecular flexibility index (Phi) is 2.67. The van der Waals surface area contributed by atoms with Crippen molar-refractivity contribution in [2.24, 2.45) is 0 Å². The van der Waals surface area contributed by atoms with E-state index in [1.165, 1.54) is 22.3 Å². The molecule has 0 fully saturated rings. The van der Waals surface area contributed by atoms with Gasteiger partial charge in [0.05, 0.1) is 7.11 Å². The van der Waals surface area contributed by atoms with Gasteiger partial charge < -0.3 is 4.74 Å². The van der Waals surface area contributed by atoms with E-state index in [1.54, 1.807) is 7.11 Å². The van der Waals surface area contributed by atoms with E-state index in [2.05, 4.69) is 36.9 Å². The molecule has 1 aliphatic carbocycles. The summed E-state index contributed by atoms with van der Waals surface area (Å²) in [6, 6.07) is 15.0. The molecule has 2 aromatic carbocycles. The molecule has 2 aromatic rings. The summed E-state index contributed by atoms with van der Waals surface area (Å²) in [6.45, 7) is 3.83. The number of ether oxygens (including phenoxy) is 1. The molecule has 1 aliphatic rings. The molecule has 0 aliphatic heterocycles. The van der Waals surface area contributed by atoms with Crippen LogP contribution in [0, 0.1) is 0 Å². The lowest BCUT2D eigenvalue weighted by molar-refractivity contribution is 0.414. The second-order valence-electron chi connectivity index (χ2n) is 4.69. The van der Waals surface area contributed by atoms with E-state index in [4.69, 9.17) is 4.74 Å². The van der Waals surface area contributed by atoms with Gasteiger partial charge in [0.25, 0.3) is 0 Å². The number of benzene rings is 2. The zero-order valence-electron chi connectivity index (χ0n) is 10.5. The molecule has 1 unspecified atom stereocenters. The lowest BCUT2D eigenvalue weighted by atomic mass is 9.73. The molecule has 0 aromatic heterocycles. The number of hydrogen-bond donors (Lipinski definition) is 0. The maximum atomic E-state index is 5.19. The van der Waals surface area contributed by atoms with Gasteiger partial charge in [-0.25, -0.2) is 0 Å². The Morgan fingerprint density at radius 2 is 1.94 bits per heavy atom. The molecule has 0 saturated carbocycles. The van der Waals surface area contributed by atoms with Crippen LogP contribution in [0.3, 0.4) is 0 Å². The van der Waals surface area contributed by atoms with Gasteiger partial charge in [-0.3, -0.25) is 0 Å². The molecule has 0 spiro atoms. The monoisotopic (exact) mass is 236 g/mol. The molecule has 0 radical (unpaired) electrons. The number of hydrogen-bond acceptors (Lipinski definition) is 1. The molecule has 0 N–H and O–H groups in total. The summed E-state index contributed by atoms with van der Waals surface area (Å²) >= 11 is 0. The third-order valence-electron chi connectivity index (χ3n) is 3.72. The zero-order chi connectivity index (χ0) is 12.5. The topological polar surface area (TPSA) is 9.23 Å². The normalized spacial score (nSPS) is 16.6. The summed E-state index contributed by atoms with van der Waals surface area (Å²) in [4.78, 5) is 0. The fourth-order valence-electron chi connectivity index (χ4n) is 2.58. The first-order chi connectivity index (χ1) is 8.81. The van der Waals surface area contributed by atoms with Gasteiger partial charge in [-0.15, -0.1) is 0 Å². The Hall–Kier alpha value is -2.02. The molecule has 3 rings (SSSR count). The smallest absolute Gasteiger partial charge is 0.118 e. The van der Waals surface area contributed by atoms with Crippen molar-refractivity contribution >= 4 is 6.08 Å². The van der Waals surface area contributed by atoms with E-state index >= 15 is 0 Å². The van der Waals surface area contributed by atoms with Gasteiger partial charge in [-0.1, -0.05) is 43.0 Å². The minimum absolute atomic E-state index is 0.533. The summed E-state index contributed by atoms with van der Waals surface area (Å²) in [5.74, 6) is 1.45. The van der Waals surface area contributed by atoms with Crippen molar-refractivity contribution in [1.82, 2.24) is 0 Å². The Balaban J connectivity index is 1.92. The van der Waals surface area contributed by atoms with E-state index in [9.17, 15) is 0 Å². The van der Waals surface area contributed by atoms with Crippen LogP contribution in [0.1, 0.15) is 28.2 Å². The highest BCUT2D eigenvalue weighted by Gasteiger charge is 2.27. The molecule has 1 heteroatoms. The zero-order valence-corrected chi connectivity index (χ0v) is 10.5. The molecule has 1 nitrogen and oxygen atoms in total.